The molecule has 184 valence electrons. The summed E-state index contributed by atoms with van der Waals surface area (Å²) < 4.78 is 1.77. The highest BCUT2D eigenvalue weighted by atomic mass is 35.5. The third-order valence-corrected chi connectivity index (χ3v) is 7.35. The number of benzene rings is 1. The van der Waals surface area contributed by atoms with Gasteiger partial charge in [-0.3, -0.25) is 4.98 Å². The van der Waals surface area contributed by atoms with Crippen molar-refractivity contribution < 1.29 is 5.11 Å². The molecule has 0 radical (unpaired) electrons. The molecule has 0 saturated carbocycles. The Balaban J connectivity index is 1.54. The van der Waals surface area contributed by atoms with Gasteiger partial charge < -0.3 is 10.4 Å². The molecule has 0 spiro atoms. The molecule has 0 saturated heterocycles. The van der Waals surface area contributed by atoms with Gasteiger partial charge in [-0.2, -0.15) is 5.26 Å². The summed E-state index contributed by atoms with van der Waals surface area (Å²) in [5.41, 5.74) is 5.11. The fourth-order valence-electron chi connectivity index (χ4n) is 4.92. The number of aromatic hydroxyl groups is 1. The summed E-state index contributed by atoms with van der Waals surface area (Å²) in [7, 11) is 0. The van der Waals surface area contributed by atoms with Crippen molar-refractivity contribution in [2.75, 3.05) is 5.32 Å². The first-order valence-electron chi connectivity index (χ1n) is 11.9. The lowest BCUT2D eigenvalue weighted by molar-refractivity contribution is 0.316. The monoisotopic (exact) mass is 520 g/mol. The Bertz CT molecular complexity index is 1480. The number of hydrogen-bond donors (Lipinski definition) is 2. The number of pyridine rings is 2. The van der Waals surface area contributed by atoms with E-state index < -0.39 is 0 Å². The number of nitriles is 1. The number of nitrogens with one attached hydrogen (secondary N) is 1. The van der Waals surface area contributed by atoms with E-state index in [4.69, 9.17) is 33.4 Å². The standard InChI is InChI=1S/C27H26Cl2N6O/c1-27(2)9-8-18-19(12-27)22-25(33-24(18)32-23-20(28)14-31-15-21(23)29)35(34-26(22)36)10-4-7-16-5-3-6-17(11-16)13-30/h3,5-6,11,14-15H,4,7-10,12H2,1-2H3,(H,34,36)(H,31,32,33). The molecule has 1 aromatic carbocycles. The van der Waals surface area contributed by atoms with Gasteiger partial charge >= 0.3 is 0 Å². The second-order valence-electron chi connectivity index (χ2n) is 10.0. The molecule has 0 atom stereocenters. The highest BCUT2D eigenvalue weighted by molar-refractivity contribution is 6.39. The molecule has 3 heterocycles. The maximum Gasteiger partial charge on any atom is 0.240 e. The van der Waals surface area contributed by atoms with Crippen molar-refractivity contribution in [3.63, 3.8) is 0 Å². The first-order chi connectivity index (χ1) is 17.3. The number of hydrogen-bond acceptors (Lipinski definition) is 6. The van der Waals surface area contributed by atoms with Crippen LogP contribution in [0.5, 0.6) is 5.88 Å². The molecule has 1 aliphatic carbocycles. The van der Waals surface area contributed by atoms with Crippen LogP contribution in [0.1, 0.15) is 48.9 Å². The Hall–Kier alpha value is -3.34. The third kappa shape index (κ3) is 4.71. The smallest absolute Gasteiger partial charge is 0.240 e. The summed E-state index contributed by atoms with van der Waals surface area (Å²) in [4.78, 5) is 8.98. The van der Waals surface area contributed by atoms with Crippen molar-refractivity contribution in [1.29, 1.82) is 5.26 Å². The summed E-state index contributed by atoms with van der Waals surface area (Å²) in [5.74, 6) is 0.676. The minimum absolute atomic E-state index is 0.00412. The summed E-state index contributed by atoms with van der Waals surface area (Å²) in [6, 6.07) is 9.79. The van der Waals surface area contributed by atoms with Crippen LogP contribution in [0.4, 0.5) is 11.5 Å². The average molecular weight is 521 g/mol. The minimum Gasteiger partial charge on any atom is -0.492 e. The molecule has 36 heavy (non-hydrogen) atoms. The van der Waals surface area contributed by atoms with E-state index in [-0.39, 0.29) is 11.3 Å². The van der Waals surface area contributed by atoms with Crippen LogP contribution in [0.3, 0.4) is 0 Å². The Morgan fingerprint density at radius 3 is 2.72 bits per heavy atom. The lowest BCUT2D eigenvalue weighted by Gasteiger charge is -2.32. The quantitative estimate of drug-likeness (QED) is 0.297. The van der Waals surface area contributed by atoms with Crippen LogP contribution in [0.2, 0.25) is 10.0 Å². The fourth-order valence-corrected chi connectivity index (χ4v) is 5.38. The van der Waals surface area contributed by atoms with E-state index in [0.29, 0.717) is 44.7 Å². The summed E-state index contributed by atoms with van der Waals surface area (Å²) in [6.45, 7) is 5.05. The number of aryl methyl sites for hydroxylation is 2. The van der Waals surface area contributed by atoms with E-state index in [0.717, 1.165) is 48.8 Å². The van der Waals surface area contributed by atoms with Crippen LogP contribution in [0.25, 0.3) is 11.0 Å². The van der Waals surface area contributed by atoms with Crippen molar-refractivity contribution in [1.82, 2.24) is 19.7 Å². The van der Waals surface area contributed by atoms with Crippen LogP contribution < -0.4 is 5.32 Å². The van der Waals surface area contributed by atoms with E-state index in [2.05, 4.69) is 35.3 Å². The normalized spacial score (nSPS) is 14.4. The highest BCUT2D eigenvalue weighted by Gasteiger charge is 2.32. The van der Waals surface area contributed by atoms with E-state index in [1.165, 1.54) is 0 Å². The molecular weight excluding hydrogens is 495 g/mol. The summed E-state index contributed by atoms with van der Waals surface area (Å²) >= 11 is 12.8. The molecule has 0 unspecified atom stereocenters. The summed E-state index contributed by atoms with van der Waals surface area (Å²) in [5, 5.41) is 29.4. The Labute approximate surface area is 219 Å². The maximum atomic E-state index is 10.9. The van der Waals surface area contributed by atoms with Crippen molar-refractivity contribution in [2.24, 2.45) is 5.41 Å². The molecule has 1 aliphatic rings. The van der Waals surface area contributed by atoms with Crippen molar-refractivity contribution >= 4 is 45.7 Å². The van der Waals surface area contributed by atoms with Crippen molar-refractivity contribution in [2.45, 2.75) is 52.5 Å². The van der Waals surface area contributed by atoms with Crippen LogP contribution in [-0.4, -0.2) is 24.9 Å². The minimum atomic E-state index is 0.00412. The molecule has 4 aromatic rings. The lowest BCUT2D eigenvalue weighted by Crippen LogP contribution is -2.23. The first-order valence-corrected chi connectivity index (χ1v) is 12.7. The fraction of sp³-hybridized carbons (Fsp3) is 0.333. The highest BCUT2D eigenvalue weighted by Crippen LogP contribution is 2.44. The maximum absolute atomic E-state index is 10.9. The van der Waals surface area contributed by atoms with Gasteiger partial charge in [0.05, 0.1) is 32.8 Å². The molecule has 0 fully saturated rings. The number of rotatable bonds is 6. The van der Waals surface area contributed by atoms with E-state index >= 15 is 0 Å². The number of halogens is 2. The predicted molar refractivity (Wildman–Crippen MR) is 142 cm³/mol. The average Bonchev–Trinajstić information content (AvgIpc) is 3.16. The van der Waals surface area contributed by atoms with Gasteiger partial charge in [-0.25, -0.2) is 9.67 Å². The SMILES string of the molecule is CC1(C)CCc2c(Nc3c(Cl)cncc3Cl)nc3c(c(O)nn3CCCc3cccc(C#N)c3)c2C1. The molecule has 3 aromatic heterocycles. The largest absolute Gasteiger partial charge is 0.492 e. The van der Waals surface area contributed by atoms with Gasteiger partial charge in [0.2, 0.25) is 5.88 Å². The molecule has 5 rings (SSSR count). The van der Waals surface area contributed by atoms with Gasteiger partial charge in [0.25, 0.3) is 0 Å². The Kier molecular flexibility index (Phi) is 6.50. The number of aromatic nitrogens is 4. The molecule has 0 aliphatic heterocycles. The second-order valence-corrected chi connectivity index (χ2v) is 10.8. The Morgan fingerprint density at radius 1 is 1.19 bits per heavy atom. The van der Waals surface area contributed by atoms with Crippen molar-refractivity contribution in [3.05, 3.63) is 69.0 Å². The van der Waals surface area contributed by atoms with Gasteiger partial charge in [-0.05, 0) is 66.3 Å². The molecule has 7 nitrogen and oxygen atoms in total. The zero-order chi connectivity index (χ0) is 25.4. The van der Waals surface area contributed by atoms with Gasteiger partial charge in [0.15, 0.2) is 5.65 Å². The van der Waals surface area contributed by atoms with Gasteiger partial charge in [0.1, 0.15) is 5.82 Å². The van der Waals surface area contributed by atoms with E-state index in [1.807, 2.05) is 18.2 Å². The number of nitrogens with zero attached hydrogens (tertiary/aromatic N) is 5. The zero-order valence-corrected chi connectivity index (χ0v) is 21.7. The molecule has 0 amide bonds. The lowest BCUT2D eigenvalue weighted by atomic mass is 9.74. The first kappa shape index (κ1) is 24.4. The molecular formula is C27H26Cl2N6O. The third-order valence-electron chi connectivity index (χ3n) is 6.77. The topological polar surface area (TPSA) is 99.7 Å². The van der Waals surface area contributed by atoms with Crippen LogP contribution in [0, 0.1) is 16.7 Å². The molecule has 0 bridgehead atoms. The number of anilines is 2. The van der Waals surface area contributed by atoms with E-state index in [9.17, 15) is 5.11 Å². The zero-order valence-electron chi connectivity index (χ0n) is 20.1. The van der Waals surface area contributed by atoms with Crippen LogP contribution in [-0.2, 0) is 25.8 Å². The molecule has 9 heteroatoms. The summed E-state index contributed by atoms with van der Waals surface area (Å²) in [6.07, 6.45) is 7.25. The van der Waals surface area contributed by atoms with E-state index in [1.54, 1.807) is 23.1 Å². The Morgan fingerprint density at radius 2 is 1.97 bits per heavy atom. The molecule has 2 N–H and O–H groups in total. The second kappa shape index (κ2) is 9.61. The van der Waals surface area contributed by atoms with Crippen molar-refractivity contribution in [3.8, 4) is 11.9 Å². The van der Waals surface area contributed by atoms with Crippen LogP contribution in [0.15, 0.2) is 36.7 Å². The van der Waals surface area contributed by atoms with Crippen LogP contribution >= 0.6 is 23.2 Å². The van der Waals surface area contributed by atoms with Gasteiger partial charge in [-0.1, -0.05) is 49.2 Å². The predicted octanol–water partition coefficient (Wildman–Crippen LogP) is 6.60. The van der Waals surface area contributed by atoms with Gasteiger partial charge in [-0.15, -0.1) is 5.10 Å². The number of fused-ring (bicyclic) bond motifs is 3. The van der Waals surface area contributed by atoms with Gasteiger partial charge in [0, 0.05) is 18.9 Å².